The van der Waals surface area contributed by atoms with Crippen molar-refractivity contribution in [2.75, 3.05) is 7.11 Å². The molecule has 0 saturated heterocycles. The van der Waals surface area contributed by atoms with Crippen molar-refractivity contribution in [3.05, 3.63) is 29.8 Å². The number of phenolic OH excluding ortho intramolecular Hbond substituents is 1. The first-order valence-corrected chi connectivity index (χ1v) is 6.74. The van der Waals surface area contributed by atoms with Crippen LogP contribution in [-0.2, 0) is 11.2 Å². The third kappa shape index (κ3) is 3.72. The normalized spacial score (nSPS) is 25.2. The highest BCUT2D eigenvalue weighted by atomic mass is 16.5. The molecule has 0 amide bonds. The molecule has 0 spiro atoms. The lowest BCUT2D eigenvalue weighted by Gasteiger charge is -2.19. The number of nitrogens with one attached hydrogen (secondary N) is 1. The molecular weight excluding hydrogens is 226 g/mol. The molecule has 0 heterocycles. The first kappa shape index (κ1) is 13.4. The van der Waals surface area contributed by atoms with Gasteiger partial charge in [-0.2, -0.15) is 0 Å². The van der Waals surface area contributed by atoms with Gasteiger partial charge >= 0.3 is 0 Å². The number of rotatable bonds is 5. The number of hydrogen-bond acceptors (Lipinski definition) is 3. The average molecular weight is 249 g/mol. The largest absolute Gasteiger partial charge is 0.508 e. The molecule has 3 heteroatoms. The summed E-state index contributed by atoms with van der Waals surface area (Å²) in [5.74, 6) is 0.332. The van der Waals surface area contributed by atoms with Crippen molar-refractivity contribution in [1.82, 2.24) is 5.32 Å². The average Bonchev–Trinajstić information content (AvgIpc) is 2.79. The molecule has 1 fully saturated rings. The Labute approximate surface area is 109 Å². The maximum absolute atomic E-state index is 9.25. The minimum Gasteiger partial charge on any atom is -0.508 e. The van der Waals surface area contributed by atoms with Crippen LogP contribution in [0.4, 0.5) is 0 Å². The molecule has 3 nitrogen and oxygen atoms in total. The first-order chi connectivity index (χ1) is 8.67. The Morgan fingerprint density at radius 3 is 2.67 bits per heavy atom. The van der Waals surface area contributed by atoms with Crippen LogP contribution < -0.4 is 5.32 Å². The van der Waals surface area contributed by atoms with Crippen molar-refractivity contribution in [1.29, 1.82) is 0 Å². The third-order valence-corrected chi connectivity index (χ3v) is 3.72. The van der Waals surface area contributed by atoms with Crippen molar-refractivity contribution in [3.63, 3.8) is 0 Å². The highest BCUT2D eigenvalue weighted by molar-refractivity contribution is 5.26. The Balaban J connectivity index is 1.78. The molecule has 1 aliphatic rings. The van der Waals surface area contributed by atoms with Crippen molar-refractivity contribution < 1.29 is 9.84 Å². The van der Waals surface area contributed by atoms with Crippen LogP contribution in [0.5, 0.6) is 5.75 Å². The van der Waals surface area contributed by atoms with Gasteiger partial charge in [-0.3, -0.25) is 0 Å². The number of aromatic hydroxyl groups is 1. The Bertz CT molecular complexity index is 363. The van der Waals surface area contributed by atoms with Crippen LogP contribution >= 0.6 is 0 Å². The predicted molar refractivity (Wildman–Crippen MR) is 72.8 cm³/mol. The Hall–Kier alpha value is -1.06. The molecule has 0 radical (unpaired) electrons. The maximum Gasteiger partial charge on any atom is 0.115 e. The van der Waals surface area contributed by atoms with Gasteiger partial charge in [0, 0.05) is 19.2 Å². The van der Waals surface area contributed by atoms with E-state index in [-0.39, 0.29) is 0 Å². The lowest BCUT2D eigenvalue weighted by Crippen LogP contribution is -2.36. The Morgan fingerprint density at radius 2 is 2.06 bits per heavy atom. The zero-order chi connectivity index (χ0) is 13.0. The molecule has 0 aliphatic heterocycles. The highest BCUT2D eigenvalue weighted by Gasteiger charge is 2.25. The number of phenols is 1. The van der Waals surface area contributed by atoms with Gasteiger partial charge in [-0.15, -0.1) is 0 Å². The molecule has 1 aromatic carbocycles. The SMILES string of the molecule is COC1CCC(NC(C)Cc2ccc(O)cc2)C1. The summed E-state index contributed by atoms with van der Waals surface area (Å²) in [6, 6.07) is 8.51. The molecule has 18 heavy (non-hydrogen) atoms. The predicted octanol–water partition coefficient (Wildman–Crippen LogP) is 2.48. The fraction of sp³-hybridized carbons (Fsp3) is 0.600. The number of ether oxygens (including phenoxy) is 1. The Morgan fingerprint density at radius 1 is 1.33 bits per heavy atom. The maximum atomic E-state index is 9.25. The molecule has 1 aromatic rings. The van der Waals surface area contributed by atoms with Crippen molar-refractivity contribution in [3.8, 4) is 5.75 Å². The van der Waals surface area contributed by atoms with E-state index in [1.165, 1.54) is 18.4 Å². The summed E-state index contributed by atoms with van der Waals surface area (Å²) in [5.41, 5.74) is 1.26. The van der Waals surface area contributed by atoms with Crippen LogP contribution in [0.2, 0.25) is 0 Å². The van der Waals surface area contributed by atoms with E-state index in [9.17, 15) is 5.11 Å². The van der Waals surface area contributed by atoms with Crippen molar-refractivity contribution >= 4 is 0 Å². The van der Waals surface area contributed by atoms with Gasteiger partial charge in [0.25, 0.3) is 0 Å². The van der Waals surface area contributed by atoms with Crippen LogP contribution in [0, 0.1) is 0 Å². The van der Waals surface area contributed by atoms with Gasteiger partial charge in [-0.05, 0) is 50.3 Å². The van der Waals surface area contributed by atoms with Gasteiger partial charge in [-0.1, -0.05) is 12.1 Å². The molecule has 2 N–H and O–H groups in total. The molecule has 2 rings (SSSR count). The smallest absolute Gasteiger partial charge is 0.115 e. The van der Waals surface area contributed by atoms with E-state index >= 15 is 0 Å². The minimum absolute atomic E-state index is 0.332. The van der Waals surface area contributed by atoms with Gasteiger partial charge in [0.15, 0.2) is 0 Å². The van der Waals surface area contributed by atoms with Gasteiger partial charge in [0.05, 0.1) is 6.10 Å². The zero-order valence-corrected chi connectivity index (χ0v) is 11.2. The number of benzene rings is 1. The van der Waals surface area contributed by atoms with Gasteiger partial charge in [0.2, 0.25) is 0 Å². The second-order valence-electron chi connectivity index (χ2n) is 5.31. The molecule has 0 aromatic heterocycles. The summed E-state index contributed by atoms with van der Waals surface area (Å²) in [5, 5.41) is 12.9. The summed E-state index contributed by atoms with van der Waals surface area (Å²) in [6.45, 7) is 2.22. The monoisotopic (exact) mass is 249 g/mol. The summed E-state index contributed by atoms with van der Waals surface area (Å²) in [6.07, 6.45) is 4.92. The molecule has 1 saturated carbocycles. The second-order valence-corrected chi connectivity index (χ2v) is 5.31. The van der Waals surface area contributed by atoms with E-state index in [2.05, 4.69) is 12.2 Å². The second kappa shape index (κ2) is 6.21. The Kier molecular flexibility index (Phi) is 4.61. The lowest BCUT2D eigenvalue weighted by atomic mass is 10.1. The van der Waals surface area contributed by atoms with E-state index in [1.54, 1.807) is 19.2 Å². The van der Waals surface area contributed by atoms with Gasteiger partial charge in [-0.25, -0.2) is 0 Å². The highest BCUT2D eigenvalue weighted by Crippen LogP contribution is 2.22. The first-order valence-electron chi connectivity index (χ1n) is 6.74. The topological polar surface area (TPSA) is 41.5 Å². The van der Waals surface area contributed by atoms with E-state index < -0.39 is 0 Å². The molecule has 0 bridgehead atoms. The molecule has 3 unspecified atom stereocenters. The van der Waals surface area contributed by atoms with Crippen molar-refractivity contribution in [2.45, 2.75) is 50.8 Å². The van der Waals surface area contributed by atoms with Gasteiger partial charge < -0.3 is 15.2 Å². The van der Waals surface area contributed by atoms with Crippen LogP contribution in [0.1, 0.15) is 31.7 Å². The minimum atomic E-state index is 0.332. The molecule has 3 atom stereocenters. The van der Waals surface area contributed by atoms with Crippen molar-refractivity contribution in [2.24, 2.45) is 0 Å². The van der Waals surface area contributed by atoms with Crippen LogP contribution in [0.3, 0.4) is 0 Å². The van der Waals surface area contributed by atoms with E-state index in [1.807, 2.05) is 12.1 Å². The summed E-state index contributed by atoms with van der Waals surface area (Å²) in [7, 11) is 1.80. The van der Waals surface area contributed by atoms with Crippen LogP contribution in [0.15, 0.2) is 24.3 Å². The lowest BCUT2D eigenvalue weighted by molar-refractivity contribution is 0.106. The quantitative estimate of drug-likeness (QED) is 0.842. The van der Waals surface area contributed by atoms with Crippen LogP contribution in [0.25, 0.3) is 0 Å². The summed E-state index contributed by atoms with van der Waals surface area (Å²) < 4.78 is 5.39. The summed E-state index contributed by atoms with van der Waals surface area (Å²) in [4.78, 5) is 0. The molecule has 1 aliphatic carbocycles. The molecule has 100 valence electrons. The van der Waals surface area contributed by atoms with E-state index in [4.69, 9.17) is 4.74 Å². The molecular formula is C15H23NO2. The fourth-order valence-corrected chi connectivity index (χ4v) is 2.75. The third-order valence-electron chi connectivity index (χ3n) is 3.72. The van der Waals surface area contributed by atoms with E-state index in [0.717, 1.165) is 12.8 Å². The zero-order valence-electron chi connectivity index (χ0n) is 11.2. The number of methoxy groups -OCH3 is 1. The van der Waals surface area contributed by atoms with Crippen LogP contribution in [-0.4, -0.2) is 30.4 Å². The van der Waals surface area contributed by atoms with Gasteiger partial charge in [0.1, 0.15) is 5.75 Å². The fourth-order valence-electron chi connectivity index (χ4n) is 2.75. The standard InChI is InChI=1S/C15H23NO2/c1-11(9-12-3-6-14(17)7-4-12)16-13-5-8-15(10-13)18-2/h3-4,6-7,11,13,15-17H,5,8-10H2,1-2H3. The number of hydrogen-bond donors (Lipinski definition) is 2. The van der Waals surface area contributed by atoms with E-state index in [0.29, 0.717) is 23.9 Å². The summed E-state index contributed by atoms with van der Waals surface area (Å²) >= 11 is 0.